The van der Waals surface area contributed by atoms with Crippen LogP contribution in [0.2, 0.25) is 0 Å². The molecule has 1 aromatic rings. The van der Waals surface area contributed by atoms with Crippen molar-refractivity contribution < 1.29 is 37.6 Å². The van der Waals surface area contributed by atoms with Crippen molar-refractivity contribution in [1.29, 1.82) is 0 Å². The summed E-state index contributed by atoms with van der Waals surface area (Å²) in [5.74, 6) is -4.57. The zero-order valence-corrected chi connectivity index (χ0v) is 11.1. The average Bonchev–Trinajstić information content (AvgIpc) is 2.66. The third-order valence-electron chi connectivity index (χ3n) is 2.86. The van der Waals surface area contributed by atoms with Crippen LogP contribution in [0.4, 0.5) is 5.69 Å². The Morgan fingerprint density at radius 3 is 2.14 bits per heavy atom. The maximum atomic E-state index is 11.7. The summed E-state index contributed by atoms with van der Waals surface area (Å²) in [6, 6.07) is 1.40. The van der Waals surface area contributed by atoms with Gasteiger partial charge in [-0.3, -0.25) is 14.1 Å². The SMILES string of the molecule is O=C(O)c1ccc([O-])c(S(=O)(=O)O)c1N1C(=O)CCC1=O. The van der Waals surface area contributed by atoms with Crippen LogP contribution in [0.5, 0.6) is 5.75 Å². The summed E-state index contributed by atoms with van der Waals surface area (Å²) in [4.78, 5) is 33.5. The van der Waals surface area contributed by atoms with Gasteiger partial charge in [0.25, 0.3) is 10.1 Å². The average molecular weight is 314 g/mol. The van der Waals surface area contributed by atoms with Gasteiger partial charge in [0.15, 0.2) is 0 Å². The molecule has 1 aromatic carbocycles. The van der Waals surface area contributed by atoms with Crippen LogP contribution in [0.3, 0.4) is 0 Å². The molecule has 10 heteroatoms. The third-order valence-corrected chi connectivity index (χ3v) is 3.77. The van der Waals surface area contributed by atoms with Crippen molar-refractivity contribution in [3.05, 3.63) is 17.7 Å². The minimum atomic E-state index is -5.13. The third kappa shape index (κ3) is 2.45. The number of anilines is 1. The molecule has 112 valence electrons. The number of carboxylic acids is 1. The highest BCUT2D eigenvalue weighted by molar-refractivity contribution is 7.86. The maximum Gasteiger partial charge on any atom is 0.337 e. The first kappa shape index (κ1) is 14.9. The lowest BCUT2D eigenvalue weighted by Crippen LogP contribution is -2.32. The predicted molar refractivity (Wildman–Crippen MR) is 64.4 cm³/mol. The number of carboxylic acid groups (broad SMARTS) is 1. The largest absolute Gasteiger partial charge is 0.871 e. The van der Waals surface area contributed by atoms with Crippen LogP contribution in [-0.2, 0) is 19.7 Å². The number of rotatable bonds is 3. The summed E-state index contributed by atoms with van der Waals surface area (Å²) in [6.45, 7) is 0. The van der Waals surface area contributed by atoms with Crippen molar-refractivity contribution in [1.82, 2.24) is 0 Å². The van der Waals surface area contributed by atoms with Gasteiger partial charge in [-0.15, -0.1) is 0 Å². The highest BCUT2D eigenvalue weighted by Crippen LogP contribution is 2.37. The number of benzene rings is 1. The van der Waals surface area contributed by atoms with Crippen molar-refractivity contribution in [2.75, 3.05) is 4.90 Å². The molecule has 2 N–H and O–H groups in total. The van der Waals surface area contributed by atoms with Crippen LogP contribution >= 0.6 is 0 Å². The van der Waals surface area contributed by atoms with E-state index in [0.29, 0.717) is 11.0 Å². The highest BCUT2D eigenvalue weighted by atomic mass is 32.2. The number of aromatic carboxylic acids is 1. The van der Waals surface area contributed by atoms with Gasteiger partial charge in [-0.25, -0.2) is 9.69 Å². The first-order chi connectivity index (χ1) is 9.64. The van der Waals surface area contributed by atoms with Crippen molar-refractivity contribution in [2.24, 2.45) is 0 Å². The van der Waals surface area contributed by atoms with Crippen LogP contribution in [0.25, 0.3) is 0 Å². The number of amides is 2. The smallest absolute Gasteiger partial charge is 0.337 e. The molecule has 0 bridgehead atoms. The zero-order chi connectivity index (χ0) is 15.9. The van der Waals surface area contributed by atoms with E-state index in [2.05, 4.69) is 0 Å². The van der Waals surface area contributed by atoms with Gasteiger partial charge >= 0.3 is 5.97 Å². The number of hydrogen-bond acceptors (Lipinski definition) is 6. The Labute approximate surface area is 118 Å². The van der Waals surface area contributed by atoms with E-state index in [1.165, 1.54) is 0 Å². The second kappa shape index (κ2) is 4.82. The number of hydrogen-bond donors (Lipinski definition) is 2. The first-order valence-corrected chi connectivity index (χ1v) is 6.99. The van der Waals surface area contributed by atoms with Crippen LogP contribution in [-0.4, -0.2) is 35.9 Å². The fraction of sp³-hybridized carbons (Fsp3) is 0.182. The number of nitrogens with zero attached hydrogens (tertiary/aromatic N) is 1. The molecule has 0 atom stereocenters. The standard InChI is InChI=1S/C11H9NO8S/c13-6-2-1-5(11(16)17)9(10(6)21(18,19)20)12-7(14)3-4-8(12)15/h1-2,13H,3-4H2,(H,16,17)(H,18,19,20)/p-1. The summed E-state index contributed by atoms with van der Waals surface area (Å²) >= 11 is 0. The van der Waals surface area contributed by atoms with E-state index in [1.54, 1.807) is 0 Å². The van der Waals surface area contributed by atoms with E-state index in [0.717, 1.165) is 6.07 Å². The molecule has 2 rings (SSSR count). The van der Waals surface area contributed by atoms with Gasteiger partial charge in [-0.1, -0.05) is 11.8 Å². The van der Waals surface area contributed by atoms with Crippen molar-refractivity contribution in [3.8, 4) is 5.75 Å². The van der Waals surface area contributed by atoms with Gasteiger partial charge in [0, 0.05) is 12.8 Å². The molecule has 2 amide bonds. The lowest BCUT2D eigenvalue weighted by molar-refractivity contribution is -0.272. The van der Waals surface area contributed by atoms with Crippen LogP contribution in [0.1, 0.15) is 23.2 Å². The van der Waals surface area contributed by atoms with Crippen LogP contribution in [0, 0.1) is 0 Å². The molecule has 0 saturated carbocycles. The minimum absolute atomic E-state index is 0.244. The Balaban J connectivity index is 2.89. The van der Waals surface area contributed by atoms with E-state index >= 15 is 0 Å². The van der Waals surface area contributed by atoms with Gasteiger partial charge in [0.1, 0.15) is 4.90 Å². The molecular weight excluding hydrogens is 306 g/mol. The molecule has 0 aromatic heterocycles. The Bertz CT molecular complexity index is 751. The summed E-state index contributed by atoms with van der Waals surface area (Å²) in [7, 11) is -5.13. The van der Waals surface area contributed by atoms with Gasteiger partial charge in [-0.05, 0) is 6.07 Å². The van der Waals surface area contributed by atoms with E-state index in [4.69, 9.17) is 9.66 Å². The Kier molecular flexibility index (Phi) is 3.43. The van der Waals surface area contributed by atoms with E-state index in [-0.39, 0.29) is 12.8 Å². The fourth-order valence-corrected chi connectivity index (χ4v) is 2.79. The van der Waals surface area contributed by atoms with E-state index in [1.807, 2.05) is 0 Å². The minimum Gasteiger partial charge on any atom is -0.871 e. The Hall–Kier alpha value is -2.46. The molecule has 21 heavy (non-hydrogen) atoms. The second-order valence-electron chi connectivity index (χ2n) is 4.19. The first-order valence-electron chi connectivity index (χ1n) is 5.55. The van der Waals surface area contributed by atoms with Crippen molar-refractivity contribution in [2.45, 2.75) is 17.7 Å². The summed E-state index contributed by atoms with van der Waals surface area (Å²) in [5, 5.41) is 20.7. The van der Waals surface area contributed by atoms with Gasteiger partial charge in [-0.2, -0.15) is 8.42 Å². The van der Waals surface area contributed by atoms with Gasteiger partial charge in [0.05, 0.1) is 11.3 Å². The Morgan fingerprint density at radius 1 is 1.19 bits per heavy atom. The van der Waals surface area contributed by atoms with Gasteiger partial charge in [0.2, 0.25) is 11.8 Å². The molecular formula is C11H8NO8S-. The molecule has 1 saturated heterocycles. The summed E-state index contributed by atoms with van der Waals surface area (Å²) in [6.07, 6.45) is -0.488. The lowest BCUT2D eigenvalue weighted by atomic mass is 10.1. The zero-order valence-electron chi connectivity index (χ0n) is 10.3. The second-order valence-corrected chi connectivity index (χ2v) is 5.55. The number of carbonyl (C=O) groups excluding carboxylic acids is 2. The maximum absolute atomic E-state index is 11.7. The molecule has 1 heterocycles. The molecule has 0 spiro atoms. The quantitative estimate of drug-likeness (QED) is 0.552. The number of carbonyl (C=O) groups is 3. The lowest BCUT2D eigenvalue weighted by Gasteiger charge is -2.23. The summed E-state index contributed by atoms with van der Waals surface area (Å²) in [5.41, 5.74) is -1.66. The molecule has 0 aliphatic carbocycles. The van der Waals surface area contributed by atoms with E-state index in [9.17, 15) is 27.9 Å². The van der Waals surface area contributed by atoms with Crippen molar-refractivity contribution >= 4 is 33.6 Å². The summed E-state index contributed by atoms with van der Waals surface area (Å²) < 4.78 is 31.8. The molecule has 1 aliphatic heterocycles. The predicted octanol–water partition coefficient (Wildman–Crippen LogP) is -0.642. The van der Waals surface area contributed by atoms with Crippen LogP contribution in [0.15, 0.2) is 17.0 Å². The topological polar surface area (TPSA) is 152 Å². The highest BCUT2D eigenvalue weighted by Gasteiger charge is 2.37. The monoisotopic (exact) mass is 314 g/mol. The van der Waals surface area contributed by atoms with Gasteiger partial charge < -0.3 is 10.2 Å². The molecule has 1 aliphatic rings. The normalized spacial score (nSPS) is 15.6. The number of imide groups is 1. The van der Waals surface area contributed by atoms with Crippen molar-refractivity contribution in [3.63, 3.8) is 0 Å². The molecule has 9 nitrogen and oxygen atoms in total. The van der Waals surface area contributed by atoms with E-state index < -0.39 is 49.8 Å². The molecule has 1 fully saturated rings. The molecule has 0 radical (unpaired) electrons. The van der Waals surface area contributed by atoms with Crippen LogP contribution < -0.4 is 10.0 Å². The fourth-order valence-electron chi connectivity index (χ4n) is 2.02. The molecule has 0 unspecified atom stereocenters. The Morgan fingerprint density at radius 2 is 1.71 bits per heavy atom.